The quantitative estimate of drug-likeness (QED) is 0.845. The van der Waals surface area contributed by atoms with Crippen LogP contribution in [0.25, 0.3) is 0 Å². The first kappa shape index (κ1) is 15.4. The zero-order valence-electron chi connectivity index (χ0n) is 12.1. The molecule has 5 heteroatoms. The number of rotatable bonds is 5. The number of likely N-dealkylation sites (N-methyl/N-ethyl adjacent to an activating group) is 1. The summed E-state index contributed by atoms with van der Waals surface area (Å²) in [7, 11) is 1.68. The van der Waals surface area contributed by atoms with Crippen LogP contribution in [0.15, 0.2) is 24.5 Å². The summed E-state index contributed by atoms with van der Waals surface area (Å²) in [4.78, 5) is 17.4. The van der Waals surface area contributed by atoms with E-state index in [0.717, 1.165) is 5.56 Å². The third-order valence-corrected chi connectivity index (χ3v) is 3.39. The molecule has 0 aliphatic carbocycles. The van der Waals surface area contributed by atoms with E-state index in [-0.39, 0.29) is 24.1 Å². The lowest BCUT2D eigenvalue weighted by Gasteiger charge is -2.29. The van der Waals surface area contributed by atoms with Crippen molar-refractivity contribution in [2.24, 2.45) is 0 Å². The first-order chi connectivity index (χ1) is 8.88. The van der Waals surface area contributed by atoms with Crippen LogP contribution in [0.4, 0.5) is 4.79 Å². The number of hydrogen-bond donors (Lipinski definition) is 2. The number of aliphatic hydroxyl groups is 1. The number of nitrogens with zero attached hydrogens (tertiary/aromatic N) is 2. The minimum atomic E-state index is -0.191. The Morgan fingerprint density at radius 3 is 2.58 bits per heavy atom. The summed E-state index contributed by atoms with van der Waals surface area (Å²) in [5, 5.41) is 11.9. The normalized spacial score (nSPS) is 12.9. The second kappa shape index (κ2) is 6.52. The van der Waals surface area contributed by atoms with E-state index in [4.69, 9.17) is 5.11 Å². The van der Waals surface area contributed by atoms with Crippen molar-refractivity contribution in [1.82, 2.24) is 15.2 Å². The zero-order chi connectivity index (χ0) is 14.5. The Hall–Kier alpha value is -1.62. The topological polar surface area (TPSA) is 65.5 Å². The van der Waals surface area contributed by atoms with Gasteiger partial charge in [-0.3, -0.25) is 4.98 Å². The number of aromatic nitrogens is 1. The van der Waals surface area contributed by atoms with Crippen LogP contribution < -0.4 is 5.32 Å². The van der Waals surface area contributed by atoms with Gasteiger partial charge in [-0.25, -0.2) is 4.79 Å². The molecule has 0 aliphatic heterocycles. The van der Waals surface area contributed by atoms with Gasteiger partial charge in [-0.1, -0.05) is 13.8 Å². The van der Waals surface area contributed by atoms with Gasteiger partial charge in [0.15, 0.2) is 0 Å². The first-order valence-corrected chi connectivity index (χ1v) is 6.40. The molecule has 106 valence electrons. The van der Waals surface area contributed by atoms with Crippen LogP contribution in [-0.2, 0) is 5.41 Å². The second-order valence-electron chi connectivity index (χ2n) is 5.42. The van der Waals surface area contributed by atoms with Crippen LogP contribution in [0, 0.1) is 0 Å². The summed E-state index contributed by atoms with van der Waals surface area (Å²) in [6, 6.07) is 3.53. The Morgan fingerprint density at radius 2 is 2.05 bits per heavy atom. The van der Waals surface area contributed by atoms with Crippen LogP contribution in [0.2, 0.25) is 0 Å². The van der Waals surface area contributed by atoms with Crippen molar-refractivity contribution in [3.8, 4) is 0 Å². The molecule has 1 atom stereocenters. The van der Waals surface area contributed by atoms with Gasteiger partial charge < -0.3 is 15.3 Å². The number of carbonyl (C=O) groups is 1. The lowest BCUT2D eigenvalue weighted by Crippen LogP contribution is -2.47. The molecule has 0 aromatic carbocycles. The Balaban J connectivity index is 2.59. The van der Waals surface area contributed by atoms with Crippen LogP contribution in [0.1, 0.15) is 26.3 Å². The summed E-state index contributed by atoms with van der Waals surface area (Å²) >= 11 is 0. The number of pyridine rings is 1. The number of carbonyl (C=O) groups excluding carboxylic acids is 1. The lowest BCUT2D eigenvalue weighted by atomic mass is 9.85. The van der Waals surface area contributed by atoms with E-state index >= 15 is 0 Å². The second-order valence-corrected chi connectivity index (χ2v) is 5.42. The molecule has 0 saturated heterocycles. The fourth-order valence-electron chi connectivity index (χ4n) is 1.65. The first-order valence-electron chi connectivity index (χ1n) is 6.40. The molecule has 0 bridgehead atoms. The summed E-state index contributed by atoms with van der Waals surface area (Å²) in [6.45, 7) is 6.42. The predicted octanol–water partition coefficient (Wildman–Crippen LogP) is 1.38. The average Bonchev–Trinajstić information content (AvgIpc) is 2.44. The lowest BCUT2D eigenvalue weighted by molar-refractivity contribution is 0.156. The number of urea groups is 1. The van der Waals surface area contributed by atoms with Crippen molar-refractivity contribution in [2.75, 3.05) is 20.2 Å². The van der Waals surface area contributed by atoms with Crippen molar-refractivity contribution in [2.45, 2.75) is 32.2 Å². The molecule has 1 heterocycles. The van der Waals surface area contributed by atoms with Gasteiger partial charge in [0.05, 0.1) is 12.6 Å². The summed E-state index contributed by atoms with van der Waals surface area (Å²) in [6.07, 6.45) is 3.50. The highest BCUT2D eigenvalue weighted by Gasteiger charge is 2.23. The molecule has 2 amide bonds. The molecule has 0 spiro atoms. The molecule has 0 saturated carbocycles. The monoisotopic (exact) mass is 265 g/mol. The highest BCUT2D eigenvalue weighted by Crippen LogP contribution is 2.21. The standard InChI is InChI=1S/C14H23N3O2/c1-11(9-18)17(4)13(19)16-10-14(2,3)12-5-7-15-8-6-12/h5-8,11,18H,9-10H2,1-4H3,(H,16,19). The van der Waals surface area contributed by atoms with E-state index in [1.54, 1.807) is 26.4 Å². The van der Waals surface area contributed by atoms with Crippen LogP contribution in [-0.4, -0.2) is 47.3 Å². The van der Waals surface area contributed by atoms with Crippen molar-refractivity contribution in [3.05, 3.63) is 30.1 Å². The Labute approximate surface area is 114 Å². The minimum absolute atomic E-state index is 0.0440. The maximum atomic E-state index is 11.9. The number of nitrogens with one attached hydrogen (secondary N) is 1. The van der Waals surface area contributed by atoms with Gasteiger partial charge in [0.25, 0.3) is 0 Å². The molecule has 1 unspecified atom stereocenters. The fraction of sp³-hybridized carbons (Fsp3) is 0.571. The predicted molar refractivity (Wildman–Crippen MR) is 75.0 cm³/mol. The van der Waals surface area contributed by atoms with Crippen LogP contribution >= 0.6 is 0 Å². The molecule has 1 rings (SSSR count). The Kier molecular flexibility index (Phi) is 5.30. The molecule has 0 radical (unpaired) electrons. The number of aliphatic hydroxyl groups excluding tert-OH is 1. The molecule has 19 heavy (non-hydrogen) atoms. The molecule has 5 nitrogen and oxygen atoms in total. The molecule has 1 aromatic rings. The number of amides is 2. The molecular weight excluding hydrogens is 242 g/mol. The summed E-state index contributed by atoms with van der Waals surface area (Å²) in [5.74, 6) is 0. The van der Waals surface area contributed by atoms with Crippen molar-refractivity contribution in [3.63, 3.8) is 0 Å². The number of hydrogen-bond acceptors (Lipinski definition) is 3. The van der Waals surface area contributed by atoms with E-state index in [0.29, 0.717) is 6.54 Å². The maximum absolute atomic E-state index is 11.9. The fourth-order valence-corrected chi connectivity index (χ4v) is 1.65. The van der Waals surface area contributed by atoms with Crippen molar-refractivity contribution < 1.29 is 9.90 Å². The Bertz CT molecular complexity index is 406. The molecule has 0 fully saturated rings. The highest BCUT2D eigenvalue weighted by atomic mass is 16.3. The van der Waals surface area contributed by atoms with E-state index < -0.39 is 0 Å². The van der Waals surface area contributed by atoms with Gasteiger partial charge in [0, 0.05) is 31.4 Å². The third-order valence-electron chi connectivity index (χ3n) is 3.39. The van der Waals surface area contributed by atoms with Gasteiger partial charge in [-0.05, 0) is 24.6 Å². The summed E-state index contributed by atoms with van der Waals surface area (Å²) in [5.41, 5.74) is 0.961. The summed E-state index contributed by atoms with van der Waals surface area (Å²) < 4.78 is 0. The van der Waals surface area contributed by atoms with Crippen molar-refractivity contribution >= 4 is 6.03 Å². The Morgan fingerprint density at radius 1 is 1.47 bits per heavy atom. The average molecular weight is 265 g/mol. The van der Waals surface area contributed by atoms with Crippen molar-refractivity contribution in [1.29, 1.82) is 0 Å². The van der Waals surface area contributed by atoms with E-state index in [9.17, 15) is 4.79 Å². The third kappa shape index (κ3) is 4.21. The molecule has 0 aliphatic rings. The van der Waals surface area contributed by atoms with Gasteiger partial charge >= 0.3 is 6.03 Å². The van der Waals surface area contributed by atoms with E-state index in [1.165, 1.54) is 4.90 Å². The van der Waals surface area contributed by atoms with Gasteiger partial charge in [-0.2, -0.15) is 0 Å². The zero-order valence-corrected chi connectivity index (χ0v) is 12.1. The molecule has 2 N–H and O–H groups in total. The van der Waals surface area contributed by atoms with Gasteiger partial charge in [0.1, 0.15) is 0 Å². The van der Waals surface area contributed by atoms with Gasteiger partial charge in [0.2, 0.25) is 0 Å². The smallest absolute Gasteiger partial charge is 0.317 e. The van der Waals surface area contributed by atoms with E-state index in [1.807, 2.05) is 12.1 Å². The molecular formula is C14H23N3O2. The van der Waals surface area contributed by atoms with Crippen LogP contribution in [0.5, 0.6) is 0 Å². The maximum Gasteiger partial charge on any atom is 0.317 e. The minimum Gasteiger partial charge on any atom is -0.394 e. The highest BCUT2D eigenvalue weighted by molar-refractivity contribution is 5.74. The van der Waals surface area contributed by atoms with Gasteiger partial charge in [-0.15, -0.1) is 0 Å². The van der Waals surface area contributed by atoms with E-state index in [2.05, 4.69) is 24.1 Å². The largest absolute Gasteiger partial charge is 0.394 e. The molecule has 1 aromatic heterocycles. The SMILES string of the molecule is CC(CO)N(C)C(=O)NCC(C)(C)c1ccncc1. The van der Waals surface area contributed by atoms with Crippen LogP contribution in [0.3, 0.4) is 0 Å².